The summed E-state index contributed by atoms with van der Waals surface area (Å²) in [7, 11) is 0. The first-order chi connectivity index (χ1) is 13.8. The van der Waals surface area contributed by atoms with Gasteiger partial charge in [0.1, 0.15) is 11.6 Å². The molecule has 0 unspecified atom stereocenters. The van der Waals surface area contributed by atoms with Gasteiger partial charge in [-0.3, -0.25) is 4.79 Å². The molecule has 152 valence electrons. The molecule has 0 saturated heterocycles. The second-order valence-electron chi connectivity index (χ2n) is 8.86. The normalized spacial score (nSPS) is 32.5. The van der Waals surface area contributed by atoms with E-state index in [0.717, 1.165) is 32.1 Å². The number of benzene rings is 1. The third kappa shape index (κ3) is 3.91. The highest BCUT2D eigenvalue weighted by Gasteiger charge is 2.60. The van der Waals surface area contributed by atoms with E-state index in [1.165, 1.54) is 12.5 Å². The first-order valence-corrected chi connectivity index (χ1v) is 10.6. The molecule has 2 atom stereocenters. The highest BCUT2D eigenvalue weighted by Crippen LogP contribution is 2.64. The molecule has 4 bridgehead atoms. The lowest BCUT2D eigenvalue weighted by Crippen LogP contribution is -2.57. The molecule has 29 heavy (non-hydrogen) atoms. The fourth-order valence-corrected chi connectivity index (χ4v) is 6.55. The van der Waals surface area contributed by atoms with Gasteiger partial charge in [0.2, 0.25) is 5.91 Å². The maximum atomic E-state index is 13.2. The van der Waals surface area contributed by atoms with E-state index in [-0.39, 0.29) is 28.4 Å². The molecule has 5 rings (SSSR count). The Morgan fingerprint density at radius 2 is 1.90 bits per heavy atom. The lowest BCUT2D eigenvalue weighted by atomic mass is 9.49. The quantitative estimate of drug-likeness (QED) is 0.330. The number of ether oxygens (including phenoxy) is 1. The highest BCUT2D eigenvalue weighted by molar-refractivity contribution is 6.24. The van der Waals surface area contributed by atoms with E-state index in [2.05, 4.69) is 5.32 Å². The number of carbonyl (C=O) groups excluding carboxylic acids is 2. The molecule has 0 heterocycles. The van der Waals surface area contributed by atoms with Crippen LogP contribution in [0.4, 0.5) is 5.69 Å². The van der Waals surface area contributed by atoms with Crippen molar-refractivity contribution in [3.05, 3.63) is 35.4 Å². The number of rotatable bonds is 5. The molecule has 4 saturated carbocycles. The van der Waals surface area contributed by atoms with Gasteiger partial charge >= 0.3 is 5.97 Å². The van der Waals surface area contributed by atoms with Crippen molar-refractivity contribution in [1.82, 2.24) is 0 Å². The summed E-state index contributed by atoms with van der Waals surface area (Å²) in [5, 5.41) is 12.2. The van der Waals surface area contributed by atoms with Gasteiger partial charge in [-0.05, 0) is 81.1 Å². The Bertz CT molecular complexity index is 886. The van der Waals surface area contributed by atoms with Crippen molar-refractivity contribution in [2.45, 2.75) is 50.3 Å². The molecule has 0 spiro atoms. The van der Waals surface area contributed by atoms with Gasteiger partial charge in [0, 0.05) is 10.6 Å². The van der Waals surface area contributed by atoms with Crippen molar-refractivity contribution < 1.29 is 14.3 Å². The zero-order chi connectivity index (χ0) is 20.6. The largest absolute Gasteiger partial charge is 0.462 e. The van der Waals surface area contributed by atoms with Crippen LogP contribution in [0.2, 0.25) is 0 Å². The number of nitrogens with zero attached hydrogens (tertiary/aromatic N) is 1. The van der Waals surface area contributed by atoms with Gasteiger partial charge in [-0.2, -0.15) is 5.26 Å². The maximum absolute atomic E-state index is 13.2. The Hall–Kier alpha value is -2.32. The molecular weight excluding hydrogens is 388 g/mol. The molecule has 1 amide bonds. The van der Waals surface area contributed by atoms with Crippen LogP contribution in [-0.2, 0) is 14.3 Å². The van der Waals surface area contributed by atoms with E-state index in [1.54, 1.807) is 31.2 Å². The Labute approximate surface area is 176 Å². The summed E-state index contributed by atoms with van der Waals surface area (Å²) < 4.78 is 4.87. The summed E-state index contributed by atoms with van der Waals surface area (Å²) >= 11 is 6.85. The summed E-state index contributed by atoms with van der Waals surface area (Å²) in [6, 6.07) is 8.99. The summed E-state index contributed by atoms with van der Waals surface area (Å²) in [5.74, 6) is 0.576. The topological polar surface area (TPSA) is 79.2 Å². The average Bonchev–Trinajstić information content (AvgIpc) is 2.65. The van der Waals surface area contributed by atoms with Crippen molar-refractivity contribution >= 4 is 35.2 Å². The third-order valence-electron chi connectivity index (χ3n) is 6.57. The van der Waals surface area contributed by atoms with Crippen molar-refractivity contribution in [3.8, 4) is 6.07 Å². The molecule has 1 aromatic rings. The minimum atomic E-state index is -0.635. The molecule has 4 aliphatic carbocycles. The maximum Gasteiger partial charge on any atom is 0.348 e. The first kappa shape index (κ1) is 20.0. The van der Waals surface area contributed by atoms with Crippen LogP contribution >= 0.6 is 11.6 Å². The van der Waals surface area contributed by atoms with E-state index in [9.17, 15) is 9.59 Å². The highest BCUT2D eigenvalue weighted by atomic mass is 35.5. The predicted octanol–water partition coefficient (Wildman–Crippen LogP) is 4.67. The zero-order valence-electron chi connectivity index (χ0n) is 16.5. The molecule has 4 aliphatic rings. The summed E-state index contributed by atoms with van der Waals surface area (Å²) in [5.41, 5.74) is 1.01. The van der Waals surface area contributed by atoms with Crippen LogP contribution in [0, 0.1) is 28.6 Å². The van der Waals surface area contributed by atoms with Crippen LogP contribution in [0.25, 0.3) is 6.08 Å². The van der Waals surface area contributed by atoms with Gasteiger partial charge in [0.25, 0.3) is 0 Å². The Morgan fingerprint density at radius 3 is 2.45 bits per heavy atom. The van der Waals surface area contributed by atoms with Gasteiger partial charge in [-0.1, -0.05) is 12.1 Å². The van der Waals surface area contributed by atoms with Gasteiger partial charge in [-0.25, -0.2) is 4.79 Å². The average molecular weight is 413 g/mol. The predicted molar refractivity (Wildman–Crippen MR) is 111 cm³/mol. The summed E-state index contributed by atoms with van der Waals surface area (Å²) in [6.07, 6.45) is 7.44. The van der Waals surface area contributed by atoms with E-state index >= 15 is 0 Å². The Morgan fingerprint density at radius 1 is 1.24 bits per heavy atom. The second-order valence-corrected chi connectivity index (χ2v) is 9.66. The molecule has 4 fully saturated rings. The summed E-state index contributed by atoms with van der Waals surface area (Å²) in [6.45, 7) is 1.91. The number of alkyl halides is 1. The lowest BCUT2D eigenvalue weighted by molar-refractivity contribution is -0.139. The number of nitrogens with one attached hydrogen (secondary N) is 1. The van der Waals surface area contributed by atoms with Crippen molar-refractivity contribution in [2.24, 2.45) is 17.3 Å². The van der Waals surface area contributed by atoms with Gasteiger partial charge in [0.15, 0.2) is 0 Å². The number of halogens is 1. The minimum absolute atomic E-state index is 0.0513. The molecule has 1 N–H and O–H groups in total. The standard InChI is InChI=1S/C23H25ClN2O3/c1-2-29-20(27)18(13-25)8-15-3-5-19(6-4-15)26-21(28)22-9-16-7-17(10-22)12-23(24,11-16)14-22/h3-6,8,16-17H,2,7,9-12,14H2,1H3,(H,26,28)/b18-8-/t16-,17-,22?,23?/m1/s1. The van der Waals surface area contributed by atoms with Gasteiger partial charge in [0.05, 0.1) is 12.0 Å². The lowest BCUT2D eigenvalue weighted by Gasteiger charge is -2.59. The summed E-state index contributed by atoms with van der Waals surface area (Å²) in [4.78, 5) is 24.7. The number of anilines is 1. The number of carbonyl (C=O) groups is 2. The molecule has 0 aliphatic heterocycles. The van der Waals surface area contributed by atoms with E-state index < -0.39 is 5.97 Å². The molecule has 0 radical (unpaired) electrons. The van der Waals surface area contributed by atoms with Gasteiger partial charge < -0.3 is 10.1 Å². The minimum Gasteiger partial charge on any atom is -0.462 e. The van der Waals surface area contributed by atoms with E-state index in [4.69, 9.17) is 21.6 Å². The zero-order valence-corrected chi connectivity index (χ0v) is 17.3. The van der Waals surface area contributed by atoms with Crippen LogP contribution in [-0.4, -0.2) is 23.4 Å². The number of hydrogen-bond donors (Lipinski definition) is 1. The van der Waals surface area contributed by atoms with Crippen molar-refractivity contribution in [2.75, 3.05) is 11.9 Å². The van der Waals surface area contributed by atoms with Crippen LogP contribution in [0.15, 0.2) is 29.8 Å². The third-order valence-corrected chi connectivity index (χ3v) is 7.01. The number of nitriles is 1. The van der Waals surface area contributed by atoms with E-state index in [0.29, 0.717) is 23.1 Å². The Kier molecular flexibility index (Phi) is 5.16. The fraction of sp³-hybridized carbons (Fsp3) is 0.522. The monoisotopic (exact) mass is 412 g/mol. The number of esters is 1. The second kappa shape index (κ2) is 7.50. The molecular formula is C23H25ClN2O3. The molecule has 1 aromatic carbocycles. The Balaban J connectivity index is 1.46. The first-order valence-electron chi connectivity index (χ1n) is 10.2. The molecule has 6 heteroatoms. The van der Waals surface area contributed by atoms with Crippen LogP contribution in [0.5, 0.6) is 0 Å². The van der Waals surface area contributed by atoms with Crippen LogP contribution in [0.3, 0.4) is 0 Å². The van der Waals surface area contributed by atoms with Crippen molar-refractivity contribution in [1.29, 1.82) is 5.26 Å². The smallest absolute Gasteiger partial charge is 0.348 e. The van der Waals surface area contributed by atoms with Crippen LogP contribution < -0.4 is 5.32 Å². The number of amides is 1. The SMILES string of the molecule is CCOC(=O)/C(C#N)=C\c1ccc(NC(=O)C23C[C@H]4C[C@@H](CC(Cl)(C4)C2)C3)cc1. The van der Waals surface area contributed by atoms with Crippen LogP contribution in [0.1, 0.15) is 51.0 Å². The van der Waals surface area contributed by atoms with Gasteiger partial charge in [-0.15, -0.1) is 11.6 Å². The van der Waals surface area contributed by atoms with Crippen molar-refractivity contribution in [3.63, 3.8) is 0 Å². The number of hydrogen-bond acceptors (Lipinski definition) is 4. The fourth-order valence-electron chi connectivity index (χ4n) is 5.86. The van der Waals surface area contributed by atoms with E-state index in [1.807, 2.05) is 6.07 Å². The molecule has 5 nitrogen and oxygen atoms in total. The molecule has 0 aromatic heterocycles.